The quantitative estimate of drug-likeness (QED) is 0.766. The van der Waals surface area contributed by atoms with Gasteiger partial charge in [0.2, 0.25) is 11.8 Å². The van der Waals surface area contributed by atoms with E-state index in [0.29, 0.717) is 25.8 Å². The molecule has 2 unspecified atom stereocenters. The van der Waals surface area contributed by atoms with Crippen LogP contribution in [-0.4, -0.2) is 47.7 Å². The number of carbonyl (C=O) groups is 3. The molecule has 0 aliphatic carbocycles. The lowest BCUT2D eigenvalue weighted by atomic mass is 9.75. The largest absolute Gasteiger partial charge is 0.444 e. The molecule has 0 spiro atoms. The fourth-order valence-electron chi connectivity index (χ4n) is 3.95. The zero-order chi connectivity index (χ0) is 21.4. The Hall–Kier alpha value is -2.44. The highest BCUT2D eigenvalue weighted by Crippen LogP contribution is 2.35. The smallest absolute Gasteiger partial charge is 0.410 e. The van der Waals surface area contributed by atoms with Gasteiger partial charge in [-0.15, -0.1) is 0 Å². The van der Waals surface area contributed by atoms with Crippen LogP contribution in [0.3, 0.4) is 0 Å². The van der Waals surface area contributed by atoms with Crippen molar-refractivity contribution >= 4 is 17.9 Å². The molecule has 158 valence electrons. The van der Waals surface area contributed by atoms with E-state index >= 15 is 0 Å². The molecule has 3 atom stereocenters. The minimum absolute atomic E-state index is 0.00354. The van der Waals surface area contributed by atoms with Crippen molar-refractivity contribution in [3.05, 3.63) is 35.4 Å². The lowest BCUT2D eigenvalue weighted by molar-refractivity contribution is -0.137. The summed E-state index contributed by atoms with van der Waals surface area (Å²) in [6, 6.07) is 7.39. The van der Waals surface area contributed by atoms with Gasteiger partial charge in [-0.25, -0.2) is 9.18 Å². The minimum Gasteiger partial charge on any atom is -0.444 e. The van der Waals surface area contributed by atoms with E-state index in [4.69, 9.17) is 4.74 Å². The number of halogens is 1. The summed E-state index contributed by atoms with van der Waals surface area (Å²) in [7, 11) is 0. The number of carbonyl (C=O) groups excluding carboxylic acids is 3. The summed E-state index contributed by atoms with van der Waals surface area (Å²) < 4.78 is 20.2. The van der Waals surface area contributed by atoms with Crippen molar-refractivity contribution < 1.29 is 23.5 Å². The van der Waals surface area contributed by atoms with Gasteiger partial charge in [0.25, 0.3) is 0 Å². The monoisotopic (exact) mass is 404 g/mol. The Labute approximate surface area is 170 Å². The van der Waals surface area contributed by atoms with Crippen LogP contribution < -0.4 is 5.32 Å². The molecular formula is C22H29FN2O4. The summed E-state index contributed by atoms with van der Waals surface area (Å²) in [4.78, 5) is 37.4. The maximum atomic E-state index is 14.9. The molecular weight excluding hydrogens is 375 g/mol. The zero-order valence-corrected chi connectivity index (χ0v) is 17.5. The number of hydrogen-bond acceptors (Lipinski definition) is 4. The van der Waals surface area contributed by atoms with E-state index in [2.05, 4.69) is 5.32 Å². The van der Waals surface area contributed by atoms with Crippen LogP contribution in [0.25, 0.3) is 0 Å². The van der Waals surface area contributed by atoms with Crippen molar-refractivity contribution in [3.63, 3.8) is 0 Å². The average Bonchev–Trinajstić information content (AvgIpc) is 2.64. The molecule has 2 aliphatic heterocycles. The molecule has 29 heavy (non-hydrogen) atoms. The van der Waals surface area contributed by atoms with Crippen molar-refractivity contribution in [3.8, 4) is 0 Å². The van der Waals surface area contributed by atoms with Crippen LogP contribution in [0.4, 0.5) is 9.18 Å². The number of nitrogens with one attached hydrogen (secondary N) is 1. The third-order valence-corrected chi connectivity index (χ3v) is 5.78. The molecule has 1 aromatic carbocycles. The maximum absolute atomic E-state index is 14.9. The van der Waals surface area contributed by atoms with Crippen molar-refractivity contribution in [1.82, 2.24) is 10.2 Å². The van der Waals surface area contributed by atoms with E-state index in [1.165, 1.54) is 4.90 Å². The average molecular weight is 404 g/mol. The molecule has 0 saturated carbocycles. The second-order valence-electron chi connectivity index (χ2n) is 9.17. The second kappa shape index (κ2) is 7.76. The second-order valence-corrected chi connectivity index (χ2v) is 9.17. The molecule has 2 fully saturated rings. The van der Waals surface area contributed by atoms with Crippen LogP contribution in [-0.2, 0) is 19.7 Å². The molecule has 6 nitrogen and oxygen atoms in total. The molecule has 2 saturated heterocycles. The van der Waals surface area contributed by atoms with Gasteiger partial charge in [0.05, 0.1) is 12.0 Å². The molecule has 0 aromatic heterocycles. The normalized spacial score (nSPS) is 28.1. The van der Waals surface area contributed by atoms with E-state index < -0.39 is 23.3 Å². The number of amides is 3. The summed E-state index contributed by atoms with van der Waals surface area (Å²) in [6.45, 7) is 7.62. The molecule has 1 aromatic rings. The molecule has 2 aliphatic rings. The van der Waals surface area contributed by atoms with Crippen LogP contribution in [0, 0.1) is 0 Å². The number of nitrogens with zero attached hydrogens (tertiary/aromatic N) is 1. The number of piperidine rings is 2. The third-order valence-electron chi connectivity index (χ3n) is 5.78. The van der Waals surface area contributed by atoms with Crippen LogP contribution >= 0.6 is 0 Å². The van der Waals surface area contributed by atoms with Gasteiger partial charge < -0.3 is 9.64 Å². The number of alkyl halides is 1. The first kappa shape index (κ1) is 21.3. The van der Waals surface area contributed by atoms with E-state index in [1.54, 1.807) is 20.8 Å². The molecule has 3 rings (SSSR count). The third kappa shape index (κ3) is 4.60. The van der Waals surface area contributed by atoms with Gasteiger partial charge in [-0.1, -0.05) is 24.3 Å². The Morgan fingerprint density at radius 3 is 2.45 bits per heavy atom. The highest BCUT2D eigenvalue weighted by molar-refractivity contribution is 6.03. The van der Waals surface area contributed by atoms with Crippen LogP contribution in [0.5, 0.6) is 0 Å². The van der Waals surface area contributed by atoms with E-state index in [1.807, 2.05) is 31.2 Å². The van der Waals surface area contributed by atoms with Crippen LogP contribution in [0.2, 0.25) is 0 Å². The van der Waals surface area contributed by atoms with Crippen LogP contribution in [0.15, 0.2) is 24.3 Å². The van der Waals surface area contributed by atoms with Crippen molar-refractivity contribution in [2.75, 3.05) is 13.1 Å². The standard InChI is InChI=1S/C22H29FN2O4/c1-21(2,3)29-20(28)25-12-10-16(17(23)13-25)14-5-7-15(8-6-14)22(4)11-9-18(26)24-19(22)27/h5-8,16-17H,9-13H2,1-4H3,(H,24,26,27)/t16?,17?,22-/m1/s1. The summed E-state index contributed by atoms with van der Waals surface area (Å²) in [5, 5.41) is 2.40. The Kier molecular flexibility index (Phi) is 5.70. The van der Waals surface area contributed by atoms with E-state index in [-0.39, 0.29) is 24.3 Å². The van der Waals surface area contributed by atoms with Gasteiger partial charge in [0, 0.05) is 18.9 Å². The molecule has 0 bridgehead atoms. The van der Waals surface area contributed by atoms with Gasteiger partial charge in [0.1, 0.15) is 11.8 Å². The van der Waals surface area contributed by atoms with Gasteiger partial charge in [-0.05, 0) is 51.7 Å². The number of ether oxygens (including phenoxy) is 1. The van der Waals surface area contributed by atoms with Gasteiger partial charge in [-0.2, -0.15) is 0 Å². The number of rotatable bonds is 2. The molecule has 7 heteroatoms. The van der Waals surface area contributed by atoms with Crippen molar-refractivity contribution in [1.29, 1.82) is 0 Å². The highest BCUT2D eigenvalue weighted by atomic mass is 19.1. The van der Waals surface area contributed by atoms with Crippen molar-refractivity contribution in [2.45, 2.75) is 70.1 Å². The summed E-state index contributed by atoms with van der Waals surface area (Å²) >= 11 is 0. The zero-order valence-electron chi connectivity index (χ0n) is 17.5. The lowest BCUT2D eigenvalue weighted by Crippen LogP contribution is -2.49. The minimum atomic E-state index is -1.19. The lowest BCUT2D eigenvalue weighted by Gasteiger charge is -2.36. The first-order valence-electron chi connectivity index (χ1n) is 10.1. The summed E-state index contributed by atoms with van der Waals surface area (Å²) in [5.74, 6) is -0.853. The topological polar surface area (TPSA) is 75.7 Å². The Morgan fingerprint density at radius 2 is 1.90 bits per heavy atom. The van der Waals surface area contributed by atoms with Crippen molar-refractivity contribution in [2.24, 2.45) is 0 Å². The predicted molar refractivity (Wildman–Crippen MR) is 106 cm³/mol. The fraction of sp³-hybridized carbons (Fsp3) is 0.591. The van der Waals surface area contributed by atoms with Gasteiger partial charge in [-0.3, -0.25) is 14.9 Å². The SMILES string of the molecule is CC(C)(C)OC(=O)N1CCC(c2ccc([C@@]3(C)CCC(=O)NC3=O)cc2)C(F)C1. The van der Waals surface area contributed by atoms with Gasteiger partial charge in [0.15, 0.2) is 0 Å². The predicted octanol–water partition coefficient (Wildman–Crippen LogP) is 3.44. The summed E-state index contributed by atoms with van der Waals surface area (Å²) in [6.07, 6.45) is -0.407. The first-order chi connectivity index (χ1) is 13.5. The first-order valence-corrected chi connectivity index (χ1v) is 10.1. The fourth-order valence-corrected chi connectivity index (χ4v) is 3.95. The maximum Gasteiger partial charge on any atom is 0.410 e. The Bertz CT molecular complexity index is 802. The number of imide groups is 1. The Balaban J connectivity index is 1.67. The molecule has 1 N–H and O–H groups in total. The number of benzene rings is 1. The molecule has 2 heterocycles. The number of hydrogen-bond donors (Lipinski definition) is 1. The molecule has 3 amide bonds. The Morgan fingerprint density at radius 1 is 1.24 bits per heavy atom. The summed E-state index contributed by atoms with van der Waals surface area (Å²) in [5.41, 5.74) is 0.289. The van der Waals surface area contributed by atoms with Gasteiger partial charge >= 0.3 is 6.09 Å². The van der Waals surface area contributed by atoms with E-state index in [0.717, 1.165) is 11.1 Å². The van der Waals surface area contributed by atoms with E-state index in [9.17, 15) is 18.8 Å². The van der Waals surface area contributed by atoms with Crippen LogP contribution in [0.1, 0.15) is 64.0 Å². The molecule has 0 radical (unpaired) electrons. The highest BCUT2D eigenvalue weighted by Gasteiger charge is 2.40. The number of likely N-dealkylation sites (tertiary alicyclic amines) is 1.